The molecule has 0 unspecified atom stereocenters. The molecule has 0 saturated carbocycles. The second-order valence-electron chi connectivity index (χ2n) is 5.52. The number of hydrogen-bond donors (Lipinski definition) is 0. The molecule has 2 aliphatic rings. The van der Waals surface area contributed by atoms with Crippen molar-refractivity contribution in [3.8, 4) is 0 Å². The Hall–Kier alpha value is -2.62. The average molecular weight is 278 g/mol. The fourth-order valence-corrected chi connectivity index (χ4v) is 3.08. The molecule has 0 saturated heterocycles. The normalized spacial score (nSPS) is 16.4. The van der Waals surface area contributed by atoms with E-state index in [2.05, 4.69) is 29.2 Å². The minimum Gasteiger partial charge on any atom is -0.363 e. The first-order valence-electron chi connectivity index (χ1n) is 6.93. The van der Waals surface area contributed by atoms with Gasteiger partial charge in [0, 0.05) is 25.8 Å². The summed E-state index contributed by atoms with van der Waals surface area (Å²) in [7, 11) is 1.65. The lowest BCUT2D eigenvalue weighted by Crippen LogP contribution is -2.24. The summed E-state index contributed by atoms with van der Waals surface area (Å²) in [6.07, 6.45) is 0. The minimum atomic E-state index is -0.452. The first-order chi connectivity index (χ1) is 10.1. The summed E-state index contributed by atoms with van der Waals surface area (Å²) in [5.74, 6) is -0.865. The summed E-state index contributed by atoms with van der Waals surface area (Å²) >= 11 is 0. The van der Waals surface area contributed by atoms with Crippen molar-refractivity contribution >= 4 is 23.1 Å². The van der Waals surface area contributed by atoms with Crippen LogP contribution in [0.2, 0.25) is 0 Å². The molecule has 0 aromatic heterocycles. The van der Waals surface area contributed by atoms with Crippen LogP contribution < -0.4 is 9.80 Å². The molecule has 0 aliphatic carbocycles. The third kappa shape index (κ3) is 1.69. The van der Waals surface area contributed by atoms with Gasteiger partial charge in [-0.05, 0) is 29.3 Å². The van der Waals surface area contributed by atoms with Gasteiger partial charge in [-0.25, -0.2) is 0 Å². The molecular weight excluding hydrogens is 264 g/mol. The van der Waals surface area contributed by atoms with Crippen molar-refractivity contribution in [1.29, 1.82) is 0 Å². The summed E-state index contributed by atoms with van der Waals surface area (Å²) in [6.45, 7) is 1.72. The molecule has 4 rings (SSSR count). The van der Waals surface area contributed by atoms with E-state index in [1.807, 2.05) is 12.1 Å². The number of carbonyl (C=O) groups is 2. The molecule has 0 bridgehead atoms. The SMILES string of the molecule is CN1C(=O)C(=O)c2ccc(N3Cc4ccccc4C3)cc21. The molecule has 0 N–H and O–H groups in total. The van der Waals surface area contributed by atoms with Gasteiger partial charge in [0.2, 0.25) is 0 Å². The molecule has 0 spiro atoms. The van der Waals surface area contributed by atoms with Gasteiger partial charge in [-0.3, -0.25) is 9.59 Å². The van der Waals surface area contributed by atoms with Crippen molar-refractivity contribution in [3.05, 3.63) is 59.2 Å². The maximum atomic E-state index is 11.8. The van der Waals surface area contributed by atoms with Gasteiger partial charge < -0.3 is 9.80 Å². The molecule has 4 heteroatoms. The minimum absolute atomic E-state index is 0.413. The molecule has 1 amide bonds. The number of fused-ring (bicyclic) bond motifs is 2. The highest BCUT2D eigenvalue weighted by atomic mass is 16.2. The van der Waals surface area contributed by atoms with Crippen LogP contribution in [-0.4, -0.2) is 18.7 Å². The van der Waals surface area contributed by atoms with Crippen LogP contribution in [0.25, 0.3) is 0 Å². The smallest absolute Gasteiger partial charge is 0.299 e. The molecule has 4 nitrogen and oxygen atoms in total. The number of rotatable bonds is 1. The van der Waals surface area contributed by atoms with Crippen molar-refractivity contribution in [2.45, 2.75) is 13.1 Å². The standard InChI is InChI=1S/C17H14N2O2/c1-18-15-8-13(6-7-14(15)16(20)17(18)21)19-9-11-4-2-3-5-12(11)10-19/h2-8H,9-10H2,1H3. The van der Waals surface area contributed by atoms with E-state index in [1.165, 1.54) is 16.0 Å². The van der Waals surface area contributed by atoms with Crippen molar-refractivity contribution in [2.24, 2.45) is 0 Å². The third-order valence-corrected chi connectivity index (χ3v) is 4.29. The summed E-state index contributed by atoms with van der Waals surface area (Å²) < 4.78 is 0. The van der Waals surface area contributed by atoms with Crippen LogP contribution in [0, 0.1) is 0 Å². The van der Waals surface area contributed by atoms with Crippen molar-refractivity contribution < 1.29 is 9.59 Å². The van der Waals surface area contributed by atoms with Gasteiger partial charge >= 0.3 is 0 Å². The Morgan fingerprint density at radius 3 is 2.29 bits per heavy atom. The molecular formula is C17H14N2O2. The number of likely N-dealkylation sites (N-methyl/N-ethyl adjacent to an activating group) is 1. The van der Waals surface area contributed by atoms with Gasteiger partial charge in [0.25, 0.3) is 11.7 Å². The largest absolute Gasteiger partial charge is 0.363 e. The van der Waals surface area contributed by atoms with Gasteiger partial charge in [-0.2, -0.15) is 0 Å². The summed E-state index contributed by atoms with van der Waals surface area (Å²) in [5.41, 5.74) is 4.91. The number of benzene rings is 2. The highest BCUT2D eigenvalue weighted by molar-refractivity contribution is 6.52. The second-order valence-corrected chi connectivity index (χ2v) is 5.52. The molecule has 2 aromatic carbocycles. The van der Waals surface area contributed by atoms with E-state index in [4.69, 9.17) is 0 Å². The van der Waals surface area contributed by atoms with Crippen molar-refractivity contribution in [3.63, 3.8) is 0 Å². The number of amides is 1. The van der Waals surface area contributed by atoms with Gasteiger partial charge in [0.15, 0.2) is 0 Å². The van der Waals surface area contributed by atoms with Crippen LogP contribution in [0.5, 0.6) is 0 Å². The van der Waals surface area contributed by atoms with Crippen LogP contribution in [0.15, 0.2) is 42.5 Å². The van der Waals surface area contributed by atoms with E-state index in [1.54, 1.807) is 13.1 Å². The summed E-state index contributed by atoms with van der Waals surface area (Å²) in [4.78, 5) is 27.2. The first-order valence-corrected chi connectivity index (χ1v) is 6.93. The lowest BCUT2D eigenvalue weighted by molar-refractivity contribution is -0.114. The van der Waals surface area contributed by atoms with E-state index < -0.39 is 11.7 Å². The number of nitrogens with zero attached hydrogens (tertiary/aromatic N) is 2. The maximum absolute atomic E-state index is 11.8. The number of Topliss-reactive ketones (excluding diaryl/α,β-unsaturated/α-hetero) is 1. The Bertz CT molecular complexity index is 757. The van der Waals surface area contributed by atoms with Crippen LogP contribution in [0.3, 0.4) is 0 Å². The number of anilines is 2. The molecule has 2 aliphatic heterocycles. The van der Waals surface area contributed by atoms with Crippen LogP contribution in [0.1, 0.15) is 21.5 Å². The molecule has 0 atom stereocenters. The Morgan fingerprint density at radius 2 is 1.62 bits per heavy atom. The topological polar surface area (TPSA) is 40.6 Å². The van der Waals surface area contributed by atoms with Crippen LogP contribution >= 0.6 is 0 Å². The zero-order valence-corrected chi connectivity index (χ0v) is 11.7. The number of hydrogen-bond acceptors (Lipinski definition) is 3. The highest BCUT2D eigenvalue weighted by Gasteiger charge is 2.34. The third-order valence-electron chi connectivity index (χ3n) is 4.29. The van der Waals surface area contributed by atoms with Gasteiger partial charge in [-0.1, -0.05) is 24.3 Å². The molecule has 0 fully saturated rings. The van der Waals surface area contributed by atoms with Crippen LogP contribution in [-0.2, 0) is 17.9 Å². The monoisotopic (exact) mass is 278 g/mol. The quantitative estimate of drug-likeness (QED) is 0.752. The molecule has 2 heterocycles. The Balaban J connectivity index is 1.71. The van der Waals surface area contributed by atoms with Crippen LogP contribution in [0.4, 0.5) is 11.4 Å². The maximum Gasteiger partial charge on any atom is 0.299 e. The van der Waals surface area contributed by atoms with E-state index in [0.717, 1.165) is 18.8 Å². The Morgan fingerprint density at radius 1 is 0.952 bits per heavy atom. The Labute approximate surface area is 122 Å². The number of ketones is 1. The molecule has 21 heavy (non-hydrogen) atoms. The zero-order valence-electron chi connectivity index (χ0n) is 11.7. The zero-order chi connectivity index (χ0) is 14.6. The Kier molecular flexibility index (Phi) is 2.42. The van der Waals surface area contributed by atoms with E-state index in [0.29, 0.717) is 11.3 Å². The lowest BCUT2D eigenvalue weighted by atomic mass is 10.1. The predicted octanol–water partition coefficient (Wildman–Crippen LogP) is 2.37. The van der Waals surface area contributed by atoms with Crippen molar-refractivity contribution in [1.82, 2.24) is 0 Å². The summed E-state index contributed by atoms with van der Waals surface area (Å²) in [6, 6.07) is 14.0. The molecule has 0 radical (unpaired) electrons. The molecule has 2 aromatic rings. The second kappa shape index (κ2) is 4.19. The molecule has 104 valence electrons. The fourth-order valence-electron chi connectivity index (χ4n) is 3.08. The average Bonchev–Trinajstić information content (AvgIpc) is 3.03. The van der Waals surface area contributed by atoms with Gasteiger partial charge in [0.1, 0.15) is 0 Å². The summed E-state index contributed by atoms with van der Waals surface area (Å²) in [5, 5.41) is 0. The highest BCUT2D eigenvalue weighted by Crippen LogP contribution is 2.35. The number of carbonyl (C=O) groups excluding carboxylic acids is 2. The van der Waals surface area contributed by atoms with E-state index in [-0.39, 0.29) is 0 Å². The van der Waals surface area contributed by atoms with Gasteiger partial charge in [0.05, 0.1) is 11.3 Å². The van der Waals surface area contributed by atoms with Crippen molar-refractivity contribution in [2.75, 3.05) is 16.8 Å². The van der Waals surface area contributed by atoms with E-state index >= 15 is 0 Å². The fraction of sp³-hybridized carbons (Fsp3) is 0.176. The lowest BCUT2D eigenvalue weighted by Gasteiger charge is -2.19. The first kappa shape index (κ1) is 12.1. The van der Waals surface area contributed by atoms with Gasteiger partial charge in [-0.15, -0.1) is 0 Å². The predicted molar refractivity (Wildman–Crippen MR) is 80.5 cm³/mol. The van der Waals surface area contributed by atoms with E-state index in [9.17, 15) is 9.59 Å².